The predicted molar refractivity (Wildman–Crippen MR) is 108 cm³/mol. The van der Waals surface area contributed by atoms with Gasteiger partial charge in [0.15, 0.2) is 11.7 Å². The van der Waals surface area contributed by atoms with Crippen molar-refractivity contribution < 1.29 is 13.2 Å². The van der Waals surface area contributed by atoms with Crippen LogP contribution in [0.3, 0.4) is 0 Å². The number of rotatable bonds is 5. The zero-order chi connectivity index (χ0) is 21.0. The van der Waals surface area contributed by atoms with E-state index in [9.17, 15) is 13.2 Å². The Balaban J connectivity index is 1.66. The van der Waals surface area contributed by atoms with Crippen LogP contribution >= 0.6 is 11.6 Å². The summed E-state index contributed by atoms with van der Waals surface area (Å²) in [4.78, 5) is 6.57. The molecule has 2 heterocycles. The van der Waals surface area contributed by atoms with Crippen LogP contribution in [0.5, 0.6) is 0 Å². The van der Waals surface area contributed by atoms with E-state index in [4.69, 9.17) is 11.6 Å². The van der Waals surface area contributed by atoms with Gasteiger partial charge >= 0.3 is 6.18 Å². The molecule has 0 aliphatic carbocycles. The van der Waals surface area contributed by atoms with Crippen LogP contribution in [-0.2, 0) is 19.8 Å². The molecule has 1 fully saturated rings. The van der Waals surface area contributed by atoms with Crippen LogP contribution in [-0.4, -0.2) is 41.4 Å². The molecule has 1 unspecified atom stereocenters. The highest BCUT2D eigenvalue weighted by Crippen LogP contribution is 2.30. The van der Waals surface area contributed by atoms with Crippen molar-refractivity contribution in [3.05, 3.63) is 46.7 Å². The molecular weight excluding hydrogens is 405 g/mol. The minimum atomic E-state index is -4.50. The number of guanidine groups is 1. The van der Waals surface area contributed by atoms with Gasteiger partial charge in [0.2, 0.25) is 0 Å². The van der Waals surface area contributed by atoms with Gasteiger partial charge in [-0.25, -0.2) is 4.99 Å². The van der Waals surface area contributed by atoms with Crippen molar-refractivity contribution in [3.8, 4) is 0 Å². The molecule has 1 aromatic carbocycles. The smallest absolute Gasteiger partial charge is 0.369 e. The summed E-state index contributed by atoms with van der Waals surface area (Å²) >= 11 is 6.07. The van der Waals surface area contributed by atoms with E-state index < -0.39 is 11.9 Å². The van der Waals surface area contributed by atoms with Crippen LogP contribution in [0, 0.1) is 0 Å². The lowest BCUT2D eigenvalue weighted by molar-refractivity contribution is -0.142. The molecule has 1 saturated heterocycles. The Labute approximate surface area is 172 Å². The van der Waals surface area contributed by atoms with Crippen molar-refractivity contribution in [2.45, 2.75) is 32.1 Å². The molecule has 6 nitrogen and oxygen atoms in total. The van der Waals surface area contributed by atoms with Crippen LogP contribution in [0.1, 0.15) is 24.6 Å². The molecule has 1 aromatic heterocycles. The first-order valence-electron chi connectivity index (χ1n) is 9.41. The first-order valence-corrected chi connectivity index (χ1v) is 9.79. The van der Waals surface area contributed by atoms with Crippen LogP contribution in [0.15, 0.2) is 35.5 Å². The zero-order valence-corrected chi connectivity index (χ0v) is 17.1. The molecule has 1 atom stereocenters. The summed E-state index contributed by atoms with van der Waals surface area (Å²) in [6.45, 7) is 4.03. The lowest BCUT2D eigenvalue weighted by Crippen LogP contribution is -2.44. The maximum absolute atomic E-state index is 13.1. The highest BCUT2D eigenvalue weighted by Gasteiger charge is 2.36. The predicted octanol–water partition coefficient (Wildman–Crippen LogP) is 3.43. The second-order valence-corrected chi connectivity index (χ2v) is 7.36. The molecular formula is C19H24ClF3N6. The third kappa shape index (κ3) is 5.56. The molecule has 0 spiro atoms. The summed E-state index contributed by atoms with van der Waals surface area (Å²) < 4.78 is 40.5. The standard InChI is InChI=1S/C19H24ClF3N6/c1-3-24-18(25-10-13-11-28(2)27-17(13)19(21,22)23)26-15-7-8-29(12-15)16-6-4-5-14(20)9-16/h4-6,9,11,15H,3,7-8,10,12H2,1-2H3,(H2,24,25,26). The van der Waals surface area contributed by atoms with Gasteiger partial charge in [0, 0.05) is 55.2 Å². The summed E-state index contributed by atoms with van der Waals surface area (Å²) in [7, 11) is 1.47. The molecule has 2 N–H and O–H groups in total. The lowest BCUT2D eigenvalue weighted by atomic mass is 10.2. The molecule has 2 aromatic rings. The highest BCUT2D eigenvalue weighted by atomic mass is 35.5. The Kier molecular flexibility index (Phi) is 6.56. The summed E-state index contributed by atoms with van der Waals surface area (Å²) in [5.74, 6) is 0.488. The maximum atomic E-state index is 13.1. The molecule has 0 saturated carbocycles. The Morgan fingerprint density at radius 2 is 2.17 bits per heavy atom. The lowest BCUT2D eigenvalue weighted by Gasteiger charge is -2.20. The number of halogens is 4. The van der Waals surface area contributed by atoms with Crippen molar-refractivity contribution in [1.82, 2.24) is 20.4 Å². The number of aliphatic imine (C=N–C) groups is 1. The second-order valence-electron chi connectivity index (χ2n) is 6.93. The number of alkyl halides is 3. The summed E-state index contributed by atoms with van der Waals surface area (Å²) in [5, 5.41) is 10.6. The average molecular weight is 429 g/mol. The number of aromatic nitrogens is 2. The van der Waals surface area contributed by atoms with Crippen LogP contribution in [0.4, 0.5) is 18.9 Å². The minimum Gasteiger partial charge on any atom is -0.369 e. The van der Waals surface area contributed by atoms with Crippen molar-refractivity contribution in [1.29, 1.82) is 0 Å². The molecule has 158 valence electrons. The Morgan fingerprint density at radius 3 is 2.86 bits per heavy atom. The van der Waals surface area contributed by atoms with E-state index in [1.807, 2.05) is 31.2 Å². The van der Waals surface area contributed by atoms with E-state index >= 15 is 0 Å². The average Bonchev–Trinajstić information content (AvgIpc) is 3.26. The Hall–Kier alpha value is -2.42. The van der Waals surface area contributed by atoms with Crippen molar-refractivity contribution in [3.63, 3.8) is 0 Å². The van der Waals surface area contributed by atoms with Crippen molar-refractivity contribution in [2.24, 2.45) is 12.0 Å². The summed E-state index contributed by atoms with van der Waals surface area (Å²) in [6, 6.07) is 7.80. The molecule has 1 aliphatic rings. The fourth-order valence-electron chi connectivity index (χ4n) is 3.35. The quantitative estimate of drug-likeness (QED) is 0.566. The van der Waals surface area contributed by atoms with Gasteiger partial charge in [-0.3, -0.25) is 4.68 Å². The van der Waals surface area contributed by atoms with E-state index in [0.29, 0.717) is 17.5 Å². The maximum Gasteiger partial charge on any atom is 0.435 e. The molecule has 3 rings (SSSR count). The van der Waals surface area contributed by atoms with E-state index in [0.717, 1.165) is 29.9 Å². The van der Waals surface area contributed by atoms with Gasteiger partial charge in [0.1, 0.15) is 0 Å². The van der Waals surface area contributed by atoms with Gasteiger partial charge in [0.05, 0.1) is 6.54 Å². The summed E-state index contributed by atoms with van der Waals surface area (Å²) in [5.41, 5.74) is 0.200. The number of aryl methyl sites for hydroxylation is 1. The second kappa shape index (κ2) is 8.94. The van der Waals surface area contributed by atoms with Crippen LogP contribution in [0.25, 0.3) is 0 Å². The van der Waals surface area contributed by atoms with Gasteiger partial charge in [-0.15, -0.1) is 0 Å². The van der Waals surface area contributed by atoms with Crippen molar-refractivity contribution >= 4 is 23.2 Å². The number of hydrogen-bond donors (Lipinski definition) is 2. The first kappa shape index (κ1) is 21.3. The number of hydrogen-bond acceptors (Lipinski definition) is 3. The normalized spacial score (nSPS) is 17.7. The molecule has 29 heavy (non-hydrogen) atoms. The fraction of sp³-hybridized carbons (Fsp3) is 0.474. The minimum absolute atomic E-state index is 0.0455. The monoisotopic (exact) mass is 428 g/mol. The number of anilines is 1. The summed E-state index contributed by atoms with van der Waals surface area (Å²) in [6.07, 6.45) is -2.26. The number of nitrogens with one attached hydrogen (secondary N) is 2. The molecule has 0 radical (unpaired) electrons. The third-order valence-corrected chi connectivity index (χ3v) is 4.86. The Morgan fingerprint density at radius 1 is 1.38 bits per heavy atom. The largest absolute Gasteiger partial charge is 0.435 e. The van der Waals surface area contributed by atoms with Crippen LogP contribution < -0.4 is 15.5 Å². The molecule has 10 heteroatoms. The van der Waals surface area contributed by atoms with Gasteiger partial charge < -0.3 is 15.5 Å². The van der Waals surface area contributed by atoms with Gasteiger partial charge in [-0.1, -0.05) is 17.7 Å². The molecule has 1 aliphatic heterocycles. The first-order chi connectivity index (χ1) is 13.8. The van der Waals surface area contributed by atoms with E-state index in [1.54, 1.807) is 0 Å². The van der Waals surface area contributed by atoms with E-state index in [-0.39, 0.29) is 18.2 Å². The number of benzene rings is 1. The van der Waals surface area contributed by atoms with Crippen molar-refractivity contribution in [2.75, 3.05) is 24.5 Å². The molecule has 0 bridgehead atoms. The topological polar surface area (TPSA) is 57.5 Å². The zero-order valence-electron chi connectivity index (χ0n) is 16.3. The van der Waals surface area contributed by atoms with E-state index in [1.165, 1.54) is 13.2 Å². The SMILES string of the molecule is CCNC(=NCc1cn(C)nc1C(F)(F)F)NC1CCN(c2cccc(Cl)c2)C1. The van der Waals surface area contributed by atoms with Gasteiger partial charge in [0.25, 0.3) is 0 Å². The molecule has 0 amide bonds. The highest BCUT2D eigenvalue weighted by molar-refractivity contribution is 6.30. The van der Waals surface area contributed by atoms with E-state index in [2.05, 4.69) is 25.6 Å². The third-order valence-electron chi connectivity index (χ3n) is 4.63. The fourth-order valence-corrected chi connectivity index (χ4v) is 3.54. The van der Waals surface area contributed by atoms with Crippen LogP contribution in [0.2, 0.25) is 5.02 Å². The van der Waals surface area contributed by atoms with Gasteiger partial charge in [-0.2, -0.15) is 18.3 Å². The van der Waals surface area contributed by atoms with Gasteiger partial charge in [-0.05, 0) is 31.5 Å². The Bertz CT molecular complexity index is 864. The number of nitrogens with zero attached hydrogens (tertiary/aromatic N) is 4.